The zero-order chi connectivity index (χ0) is 22.5. The maximum absolute atomic E-state index is 12.7. The Hall–Kier alpha value is -2.63. The number of likely N-dealkylation sites (N-methyl/N-ethyl adjacent to an activating group) is 1. The lowest BCUT2D eigenvalue weighted by Gasteiger charge is -2.40. The number of likely N-dealkylation sites (tertiary alicyclic amines) is 1. The number of hydrogen-bond donors (Lipinski definition) is 2. The number of hydrogen-bond acceptors (Lipinski definition) is 8. The molecule has 31 heavy (non-hydrogen) atoms. The third-order valence-corrected chi connectivity index (χ3v) is 6.51. The van der Waals surface area contributed by atoms with Gasteiger partial charge in [-0.3, -0.25) is 4.79 Å². The van der Waals surface area contributed by atoms with E-state index in [1.807, 2.05) is 14.0 Å². The van der Waals surface area contributed by atoms with Crippen molar-refractivity contribution < 1.29 is 18.0 Å². The standard InChI is InChI=1S/C19H24F3N7OS/c1-9(2)13-5-23-14-10(3)24-18(27-15(14)28(13)4)25-11-6-29(7-11)16(30)12-8-31-17(26-12)19(20,21)22/h8-9,11,13,23H,5-7H2,1-4H3,(H,24,25,27)/t13-/m1/s1. The molecule has 1 saturated heterocycles. The number of fused-ring (bicyclic) bond motifs is 1. The number of nitrogens with one attached hydrogen (secondary N) is 2. The van der Waals surface area contributed by atoms with Gasteiger partial charge in [-0.1, -0.05) is 13.8 Å². The number of nitrogens with zero attached hydrogens (tertiary/aromatic N) is 5. The van der Waals surface area contributed by atoms with Crippen molar-refractivity contribution in [1.82, 2.24) is 19.9 Å². The number of amides is 1. The monoisotopic (exact) mass is 455 g/mol. The zero-order valence-corrected chi connectivity index (χ0v) is 18.4. The van der Waals surface area contributed by atoms with Crippen LogP contribution in [-0.4, -0.2) is 64.5 Å². The van der Waals surface area contributed by atoms with Crippen LogP contribution in [0, 0.1) is 12.8 Å². The van der Waals surface area contributed by atoms with Crippen molar-refractivity contribution >= 4 is 34.7 Å². The van der Waals surface area contributed by atoms with Crippen LogP contribution in [0.1, 0.15) is 35.0 Å². The van der Waals surface area contributed by atoms with Gasteiger partial charge in [0.1, 0.15) is 5.69 Å². The number of thiazole rings is 1. The van der Waals surface area contributed by atoms with E-state index in [1.54, 1.807) is 0 Å². The molecule has 2 aliphatic heterocycles. The molecule has 2 aliphatic rings. The van der Waals surface area contributed by atoms with Crippen LogP contribution in [0.5, 0.6) is 0 Å². The number of aromatic nitrogens is 3. The van der Waals surface area contributed by atoms with Crippen LogP contribution in [0.4, 0.5) is 30.6 Å². The highest BCUT2D eigenvalue weighted by Crippen LogP contribution is 2.34. The highest BCUT2D eigenvalue weighted by Gasteiger charge is 2.38. The van der Waals surface area contributed by atoms with E-state index < -0.39 is 17.1 Å². The van der Waals surface area contributed by atoms with Gasteiger partial charge in [-0.2, -0.15) is 18.2 Å². The van der Waals surface area contributed by atoms with Crippen molar-refractivity contribution in [1.29, 1.82) is 0 Å². The summed E-state index contributed by atoms with van der Waals surface area (Å²) in [7, 11) is 2.02. The molecular formula is C19H24F3N7OS. The van der Waals surface area contributed by atoms with Crippen molar-refractivity contribution in [3.8, 4) is 0 Å². The first-order valence-electron chi connectivity index (χ1n) is 9.98. The highest BCUT2D eigenvalue weighted by atomic mass is 32.1. The van der Waals surface area contributed by atoms with Crippen molar-refractivity contribution in [3.63, 3.8) is 0 Å². The summed E-state index contributed by atoms with van der Waals surface area (Å²) in [5, 5.41) is 6.79. The molecule has 1 atom stereocenters. The first-order chi connectivity index (χ1) is 14.5. The molecule has 0 saturated carbocycles. The minimum Gasteiger partial charge on any atom is -0.378 e. The van der Waals surface area contributed by atoms with E-state index in [0.717, 1.165) is 29.1 Å². The van der Waals surface area contributed by atoms with Crippen LogP contribution in [-0.2, 0) is 6.18 Å². The van der Waals surface area contributed by atoms with E-state index >= 15 is 0 Å². The van der Waals surface area contributed by atoms with E-state index in [1.165, 1.54) is 4.90 Å². The second kappa shape index (κ2) is 7.81. The first-order valence-corrected chi connectivity index (χ1v) is 10.9. The van der Waals surface area contributed by atoms with Crippen LogP contribution in [0.25, 0.3) is 0 Å². The van der Waals surface area contributed by atoms with E-state index in [2.05, 4.69) is 44.3 Å². The lowest BCUT2D eigenvalue weighted by atomic mass is 10.0. The smallest absolute Gasteiger partial charge is 0.378 e. The predicted octanol–water partition coefficient (Wildman–Crippen LogP) is 3.08. The topological polar surface area (TPSA) is 86.3 Å². The number of carbonyl (C=O) groups excluding carboxylic acids is 1. The molecule has 2 aromatic rings. The van der Waals surface area contributed by atoms with Crippen LogP contribution >= 0.6 is 11.3 Å². The van der Waals surface area contributed by atoms with Gasteiger partial charge < -0.3 is 20.4 Å². The summed E-state index contributed by atoms with van der Waals surface area (Å²) in [4.78, 5) is 28.6. The minimum absolute atomic E-state index is 0.0788. The molecule has 168 valence electrons. The van der Waals surface area contributed by atoms with E-state index in [0.29, 0.717) is 42.3 Å². The molecule has 0 bridgehead atoms. The maximum atomic E-state index is 12.7. The molecule has 0 radical (unpaired) electrons. The van der Waals surface area contributed by atoms with Crippen LogP contribution < -0.4 is 15.5 Å². The molecule has 0 aliphatic carbocycles. The second-order valence-corrected chi connectivity index (χ2v) is 9.08. The average molecular weight is 456 g/mol. The van der Waals surface area contributed by atoms with Gasteiger partial charge in [0, 0.05) is 38.1 Å². The van der Waals surface area contributed by atoms with Crippen molar-refractivity contribution in [3.05, 3.63) is 21.8 Å². The normalized spacial score (nSPS) is 19.2. The van der Waals surface area contributed by atoms with Gasteiger partial charge in [0.15, 0.2) is 10.8 Å². The summed E-state index contributed by atoms with van der Waals surface area (Å²) < 4.78 is 38.1. The molecule has 2 aromatic heterocycles. The quantitative estimate of drug-likeness (QED) is 0.733. The molecule has 1 amide bonds. The molecule has 4 rings (SSSR count). The Bertz CT molecular complexity index is 987. The van der Waals surface area contributed by atoms with Crippen LogP contribution in [0.3, 0.4) is 0 Å². The number of rotatable bonds is 4. The van der Waals surface area contributed by atoms with Gasteiger partial charge >= 0.3 is 6.18 Å². The number of anilines is 3. The summed E-state index contributed by atoms with van der Waals surface area (Å²) >= 11 is 0.427. The number of carbonyl (C=O) groups is 1. The molecule has 8 nitrogen and oxygen atoms in total. The Kier molecular flexibility index (Phi) is 5.44. The molecular weight excluding hydrogens is 431 g/mol. The summed E-state index contributed by atoms with van der Waals surface area (Å²) in [6, 6.07) is 0.232. The van der Waals surface area contributed by atoms with Gasteiger partial charge in [0.2, 0.25) is 5.95 Å². The van der Waals surface area contributed by atoms with Crippen molar-refractivity contribution in [2.45, 2.75) is 39.0 Å². The molecule has 0 aromatic carbocycles. The molecule has 4 heterocycles. The molecule has 2 N–H and O–H groups in total. The number of halogens is 3. The fourth-order valence-corrected chi connectivity index (χ4v) is 4.51. The molecule has 0 unspecified atom stereocenters. The number of aryl methyl sites for hydroxylation is 1. The third kappa shape index (κ3) is 4.12. The largest absolute Gasteiger partial charge is 0.443 e. The van der Waals surface area contributed by atoms with Crippen molar-refractivity contribution in [2.75, 3.05) is 42.2 Å². The van der Waals surface area contributed by atoms with Gasteiger partial charge in [-0.25, -0.2) is 9.97 Å². The Morgan fingerprint density at radius 1 is 1.29 bits per heavy atom. The molecule has 12 heteroatoms. The van der Waals surface area contributed by atoms with Gasteiger partial charge in [0.05, 0.1) is 17.4 Å². The SMILES string of the molecule is Cc1nc(NC2CN(C(=O)c3csc(C(F)(F)F)n3)C2)nc2c1NC[C@H](C(C)C)N2C. The Balaban J connectivity index is 1.40. The fraction of sp³-hybridized carbons (Fsp3) is 0.579. The second-order valence-electron chi connectivity index (χ2n) is 8.22. The highest BCUT2D eigenvalue weighted by molar-refractivity contribution is 7.09. The molecule has 1 fully saturated rings. The van der Waals surface area contributed by atoms with Crippen molar-refractivity contribution in [2.24, 2.45) is 5.92 Å². The van der Waals surface area contributed by atoms with Gasteiger partial charge in [-0.15, -0.1) is 11.3 Å². The summed E-state index contributed by atoms with van der Waals surface area (Å²) in [5.74, 6) is 1.25. The summed E-state index contributed by atoms with van der Waals surface area (Å²) in [6.07, 6.45) is -4.54. The maximum Gasteiger partial charge on any atom is 0.443 e. The first kappa shape index (κ1) is 21.6. The van der Waals surface area contributed by atoms with Gasteiger partial charge in [-0.05, 0) is 12.8 Å². The Morgan fingerprint density at radius 2 is 2.00 bits per heavy atom. The third-order valence-electron chi connectivity index (χ3n) is 5.63. The molecule has 0 spiro atoms. The van der Waals surface area contributed by atoms with E-state index in [-0.39, 0.29) is 11.7 Å². The van der Waals surface area contributed by atoms with Crippen LogP contribution in [0.2, 0.25) is 0 Å². The van der Waals surface area contributed by atoms with Crippen LogP contribution in [0.15, 0.2) is 5.38 Å². The Morgan fingerprint density at radius 3 is 2.61 bits per heavy atom. The minimum atomic E-state index is -4.54. The number of alkyl halides is 3. The van der Waals surface area contributed by atoms with E-state index in [4.69, 9.17) is 0 Å². The van der Waals surface area contributed by atoms with E-state index in [9.17, 15) is 18.0 Å². The predicted molar refractivity (Wildman–Crippen MR) is 113 cm³/mol. The summed E-state index contributed by atoms with van der Waals surface area (Å²) in [5.41, 5.74) is 1.57. The lowest BCUT2D eigenvalue weighted by Crippen LogP contribution is -2.57. The zero-order valence-electron chi connectivity index (χ0n) is 17.6. The summed E-state index contributed by atoms with van der Waals surface area (Å²) in [6.45, 7) is 7.77. The fourth-order valence-electron chi connectivity index (χ4n) is 3.85. The lowest BCUT2D eigenvalue weighted by molar-refractivity contribution is -0.137. The Labute approximate surface area is 181 Å². The van der Waals surface area contributed by atoms with Gasteiger partial charge in [0.25, 0.3) is 5.91 Å². The average Bonchev–Trinajstić information content (AvgIpc) is 3.15.